The van der Waals surface area contributed by atoms with E-state index in [9.17, 15) is 37.5 Å². The Morgan fingerprint density at radius 2 is 1.70 bits per heavy atom. The van der Waals surface area contributed by atoms with E-state index in [1.165, 1.54) is 4.90 Å². The van der Waals surface area contributed by atoms with Crippen LogP contribution in [0.15, 0.2) is 11.8 Å². The van der Waals surface area contributed by atoms with Gasteiger partial charge < -0.3 is 25.0 Å². The predicted molar refractivity (Wildman–Crippen MR) is 98.0 cm³/mol. The highest BCUT2D eigenvalue weighted by Gasteiger charge is 2.49. The average Bonchev–Trinajstić information content (AvgIpc) is 2.64. The number of carbonyl (C=O) groups excluding carboxylic acids is 3. The maximum Gasteiger partial charge on any atom is 0.471 e. The number of nitrogens with zero attached hydrogens (tertiary/aromatic N) is 2. The van der Waals surface area contributed by atoms with Crippen LogP contribution in [0.3, 0.4) is 0 Å². The molecular formula is C18H26F3N3O6. The van der Waals surface area contributed by atoms with Crippen LogP contribution >= 0.6 is 0 Å². The molecule has 12 heteroatoms. The second kappa shape index (κ2) is 10.3. The zero-order valence-corrected chi connectivity index (χ0v) is 17.2. The smallest absolute Gasteiger partial charge is 0.471 e. The number of carbonyl (C=O) groups is 4. The minimum Gasteiger partial charge on any atom is -0.475 e. The molecular weight excluding hydrogens is 411 g/mol. The van der Waals surface area contributed by atoms with Crippen molar-refractivity contribution >= 4 is 23.7 Å². The van der Waals surface area contributed by atoms with Crippen molar-refractivity contribution < 1.29 is 42.2 Å². The molecule has 1 aliphatic heterocycles. The topological polar surface area (TPSA) is 116 Å². The van der Waals surface area contributed by atoms with Gasteiger partial charge in [-0.2, -0.15) is 13.2 Å². The molecule has 2 N–H and O–H groups in total. The van der Waals surface area contributed by atoms with Crippen molar-refractivity contribution in [2.24, 2.45) is 0 Å². The first-order chi connectivity index (χ1) is 13.8. The second-order valence-corrected chi connectivity index (χ2v) is 6.83. The number of halogens is 3. The van der Waals surface area contributed by atoms with E-state index >= 15 is 0 Å². The molecule has 170 valence electrons. The Hall–Kier alpha value is -2.79. The lowest BCUT2D eigenvalue weighted by Crippen LogP contribution is -2.64. The fourth-order valence-corrected chi connectivity index (χ4v) is 3.15. The Morgan fingerprint density at radius 3 is 2.10 bits per heavy atom. The van der Waals surface area contributed by atoms with E-state index in [2.05, 4.69) is 5.32 Å². The van der Waals surface area contributed by atoms with Gasteiger partial charge in [-0.3, -0.25) is 14.4 Å². The molecule has 0 aromatic rings. The van der Waals surface area contributed by atoms with Crippen LogP contribution in [0.25, 0.3) is 0 Å². The van der Waals surface area contributed by atoms with Crippen LogP contribution in [0, 0.1) is 0 Å². The zero-order valence-electron chi connectivity index (χ0n) is 17.2. The molecule has 0 aromatic heterocycles. The summed E-state index contributed by atoms with van der Waals surface area (Å²) in [5.74, 6) is -6.04. The van der Waals surface area contributed by atoms with Gasteiger partial charge in [0.25, 0.3) is 5.91 Å². The highest BCUT2D eigenvalue weighted by atomic mass is 19.4. The summed E-state index contributed by atoms with van der Waals surface area (Å²) in [7, 11) is 0.813. The van der Waals surface area contributed by atoms with Gasteiger partial charge in [0.15, 0.2) is 6.10 Å². The maximum atomic E-state index is 13.1. The number of amides is 3. The highest BCUT2D eigenvalue weighted by Crippen LogP contribution is 2.27. The number of carboxylic acids is 1. The zero-order chi connectivity index (χ0) is 23.2. The highest BCUT2D eigenvalue weighted by molar-refractivity contribution is 5.89. The summed E-state index contributed by atoms with van der Waals surface area (Å²) in [5.41, 5.74) is 0. The van der Waals surface area contributed by atoms with Crippen molar-refractivity contribution in [2.75, 3.05) is 20.1 Å². The second-order valence-electron chi connectivity index (χ2n) is 6.83. The van der Waals surface area contributed by atoms with E-state index in [0.29, 0.717) is 25.9 Å². The Kier molecular flexibility index (Phi) is 8.67. The van der Waals surface area contributed by atoms with E-state index in [-0.39, 0.29) is 4.90 Å². The van der Waals surface area contributed by atoms with Gasteiger partial charge in [-0.1, -0.05) is 13.8 Å². The van der Waals surface area contributed by atoms with Crippen LogP contribution in [-0.2, 0) is 23.9 Å². The monoisotopic (exact) mass is 437 g/mol. The van der Waals surface area contributed by atoms with Gasteiger partial charge in [-0.25, -0.2) is 4.79 Å². The number of hydrogen-bond donors (Lipinski definition) is 2. The molecule has 0 saturated carbocycles. The van der Waals surface area contributed by atoms with Crippen molar-refractivity contribution in [3.8, 4) is 0 Å². The minimum atomic E-state index is -5.24. The third-order valence-corrected chi connectivity index (χ3v) is 4.40. The number of aliphatic carboxylic acids is 1. The fourth-order valence-electron chi connectivity index (χ4n) is 3.15. The van der Waals surface area contributed by atoms with E-state index in [4.69, 9.17) is 4.74 Å². The van der Waals surface area contributed by atoms with E-state index in [0.717, 1.165) is 20.0 Å². The van der Waals surface area contributed by atoms with Crippen LogP contribution in [0.2, 0.25) is 0 Å². The Morgan fingerprint density at radius 1 is 1.17 bits per heavy atom. The number of alkyl halides is 3. The van der Waals surface area contributed by atoms with Crippen LogP contribution in [0.5, 0.6) is 0 Å². The minimum absolute atomic E-state index is 0.246. The van der Waals surface area contributed by atoms with Gasteiger partial charge in [0.1, 0.15) is 0 Å². The lowest BCUT2D eigenvalue weighted by molar-refractivity contribution is -0.187. The maximum absolute atomic E-state index is 13.1. The van der Waals surface area contributed by atoms with Crippen molar-refractivity contribution in [1.29, 1.82) is 0 Å². The summed E-state index contributed by atoms with van der Waals surface area (Å²) in [6.07, 6.45) is -4.94. The van der Waals surface area contributed by atoms with Crippen LogP contribution in [0.1, 0.15) is 33.6 Å². The number of rotatable bonds is 8. The summed E-state index contributed by atoms with van der Waals surface area (Å²) in [5, 5.41) is 11.7. The van der Waals surface area contributed by atoms with E-state index in [1.807, 2.05) is 13.8 Å². The Labute approximate surface area is 171 Å². The largest absolute Gasteiger partial charge is 0.475 e. The molecule has 0 radical (unpaired) electrons. The number of hydrogen-bond acceptors (Lipinski definition) is 5. The molecule has 0 saturated heterocycles. The first-order valence-electron chi connectivity index (χ1n) is 9.36. The van der Waals surface area contributed by atoms with Gasteiger partial charge in [-0.05, 0) is 18.9 Å². The molecule has 30 heavy (non-hydrogen) atoms. The van der Waals surface area contributed by atoms with Gasteiger partial charge >= 0.3 is 18.1 Å². The summed E-state index contributed by atoms with van der Waals surface area (Å²) < 4.78 is 44.2. The lowest BCUT2D eigenvalue weighted by atomic mass is 9.95. The summed E-state index contributed by atoms with van der Waals surface area (Å²) in [6.45, 7) is 5.30. The Balaban J connectivity index is 3.47. The molecule has 0 fully saturated rings. The number of carboxylic acid groups (broad SMARTS) is 1. The molecule has 3 atom stereocenters. The standard InChI is InChI=1S/C18H26F3N3O6/c1-5-7-24(8-6-2)15(26)14-13(22-10(3)25)11(9-12(30-14)16(27)28)23(4)17(29)18(19,20)21/h9,11,13-14H,5-8H2,1-4H3,(H,22,25)(H,27,28)/t11-,13+,14+/m0/s1. The molecule has 3 amide bonds. The summed E-state index contributed by atoms with van der Waals surface area (Å²) in [4.78, 5) is 49.6. The molecule has 0 spiro atoms. The van der Waals surface area contributed by atoms with E-state index < -0.39 is 53.8 Å². The van der Waals surface area contributed by atoms with Crippen molar-refractivity contribution in [1.82, 2.24) is 15.1 Å². The first kappa shape index (κ1) is 25.2. The van der Waals surface area contributed by atoms with Gasteiger partial charge in [0.05, 0.1) is 12.1 Å². The van der Waals surface area contributed by atoms with Crippen LogP contribution < -0.4 is 5.32 Å². The summed E-state index contributed by atoms with van der Waals surface area (Å²) in [6, 6.07) is -3.01. The van der Waals surface area contributed by atoms with Gasteiger partial charge in [0, 0.05) is 27.1 Å². The first-order valence-corrected chi connectivity index (χ1v) is 9.36. The number of likely N-dealkylation sites (N-methyl/N-ethyl adjacent to an activating group) is 1. The third-order valence-electron chi connectivity index (χ3n) is 4.40. The van der Waals surface area contributed by atoms with Crippen molar-refractivity contribution in [3.05, 3.63) is 11.8 Å². The fraction of sp³-hybridized carbons (Fsp3) is 0.667. The molecule has 1 rings (SSSR count). The van der Waals surface area contributed by atoms with Gasteiger partial charge in [-0.15, -0.1) is 0 Å². The number of nitrogens with one attached hydrogen (secondary N) is 1. The van der Waals surface area contributed by atoms with Crippen molar-refractivity contribution in [3.63, 3.8) is 0 Å². The van der Waals surface area contributed by atoms with Crippen molar-refractivity contribution in [2.45, 2.75) is 58.0 Å². The summed E-state index contributed by atoms with van der Waals surface area (Å²) >= 11 is 0. The average molecular weight is 437 g/mol. The molecule has 9 nitrogen and oxygen atoms in total. The predicted octanol–water partition coefficient (Wildman–Crippen LogP) is 0.896. The number of ether oxygens (including phenoxy) is 1. The van der Waals surface area contributed by atoms with E-state index in [1.54, 1.807) is 0 Å². The molecule has 0 unspecified atom stereocenters. The molecule has 1 heterocycles. The lowest BCUT2D eigenvalue weighted by Gasteiger charge is -2.41. The normalized spacial score (nSPS) is 21.2. The third kappa shape index (κ3) is 6.10. The van der Waals surface area contributed by atoms with Crippen LogP contribution in [0.4, 0.5) is 13.2 Å². The quantitative estimate of drug-likeness (QED) is 0.583. The molecule has 1 aliphatic rings. The van der Waals surface area contributed by atoms with Gasteiger partial charge in [0.2, 0.25) is 11.7 Å². The van der Waals surface area contributed by atoms with Crippen LogP contribution in [-0.4, -0.2) is 83.1 Å². The molecule has 0 bridgehead atoms. The molecule has 0 aliphatic carbocycles. The Bertz CT molecular complexity index is 704. The SMILES string of the molecule is CCCN(CCC)C(=O)[C@@H]1OC(C(=O)O)=C[C@H](N(C)C(=O)C(F)(F)F)[C@H]1NC(C)=O. The molecule has 0 aromatic carbocycles.